The van der Waals surface area contributed by atoms with E-state index in [1.165, 1.54) is 0 Å². The van der Waals surface area contributed by atoms with Crippen molar-refractivity contribution in [2.24, 2.45) is 17.8 Å². The van der Waals surface area contributed by atoms with Gasteiger partial charge in [-0.2, -0.15) is 0 Å². The number of thioether (sulfide) groups is 1. The molecule has 3 heterocycles. The third-order valence-corrected chi connectivity index (χ3v) is 10.3. The Balaban J connectivity index is 1.99. The number of likely N-dealkylation sites (tertiary alicyclic amines) is 1. The zero-order chi connectivity index (χ0) is 26.5. The quantitative estimate of drug-likeness (QED) is 0.201. The minimum absolute atomic E-state index is 0.0158. The first-order valence-corrected chi connectivity index (χ1v) is 14.5. The Kier molecular flexibility index (Phi) is 10.1. The molecule has 2 amide bonds. The zero-order valence-electron chi connectivity index (χ0n) is 22.2. The Morgan fingerprint density at radius 2 is 2.06 bits per heavy atom. The number of hydrogen-bond donors (Lipinski definition) is 1. The summed E-state index contributed by atoms with van der Waals surface area (Å²) in [5.74, 6) is -1.39. The maximum atomic E-state index is 14.4. The Labute approximate surface area is 220 Å². The highest BCUT2D eigenvalue weighted by Crippen LogP contribution is 2.68. The number of fused-ring (bicyclic) bond motifs is 1. The summed E-state index contributed by atoms with van der Waals surface area (Å²) >= 11 is 1.68. The number of unbranched alkanes of at least 4 members (excludes halogenated alkanes) is 2. The van der Waals surface area contributed by atoms with Crippen LogP contribution in [-0.4, -0.2) is 81.1 Å². The molecule has 1 spiro atoms. The summed E-state index contributed by atoms with van der Waals surface area (Å²) in [5, 5.41) is 9.20. The highest BCUT2D eigenvalue weighted by molar-refractivity contribution is 8.02. The largest absolute Gasteiger partial charge is 0.465 e. The number of amides is 2. The van der Waals surface area contributed by atoms with Gasteiger partial charge in [-0.15, -0.1) is 24.9 Å². The highest BCUT2D eigenvalue weighted by Gasteiger charge is 2.76. The van der Waals surface area contributed by atoms with Gasteiger partial charge in [-0.05, 0) is 51.4 Å². The summed E-state index contributed by atoms with van der Waals surface area (Å²) in [4.78, 5) is 45.3. The number of hydrogen-bond acceptors (Lipinski definition) is 6. The fourth-order valence-corrected chi connectivity index (χ4v) is 8.98. The van der Waals surface area contributed by atoms with Crippen molar-refractivity contribution in [1.29, 1.82) is 0 Å². The molecule has 0 aromatic carbocycles. The zero-order valence-corrected chi connectivity index (χ0v) is 23.0. The number of rotatable bonds is 15. The Morgan fingerprint density at radius 3 is 2.69 bits per heavy atom. The molecule has 3 rings (SSSR count). The molecule has 4 unspecified atom stereocenters. The normalized spacial score (nSPS) is 31.3. The summed E-state index contributed by atoms with van der Waals surface area (Å²) in [6, 6.07) is -0.583. The van der Waals surface area contributed by atoms with Crippen LogP contribution in [0.5, 0.6) is 0 Å². The molecule has 0 aromatic rings. The van der Waals surface area contributed by atoms with Gasteiger partial charge in [0.25, 0.3) is 0 Å². The lowest BCUT2D eigenvalue weighted by molar-refractivity contribution is -0.154. The molecule has 3 aliphatic heterocycles. The minimum atomic E-state index is -0.636. The molecule has 8 heteroatoms. The molecule has 1 N–H and O–H groups in total. The average molecular weight is 521 g/mol. The maximum absolute atomic E-state index is 14.4. The summed E-state index contributed by atoms with van der Waals surface area (Å²) in [7, 11) is 0. The second kappa shape index (κ2) is 12.6. The second-order valence-electron chi connectivity index (χ2n) is 10.5. The lowest BCUT2D eigenvalue weighted by Gasteiger charge is -2.41. The van der Waals surface area contributed by atoms with Gasteiger partial charge in [0, 0.05) is 31.0 Å². The lowest BCUT2D eigenvalue weighted by atomic mass is 9.66. The van der Waals surface area contributed by atoms with Crippen LogP contribution in [0.25, 0.3) is 0 Å². The van der Waals surface area contributed by atoms with Gasteiger partial charge in [-0.25, -0.2) is 0 Å². The number of nitrogens with zero attached hydrogens (tertiary/aromatic N) is 2. The summed E-state index contributed by atoms with van der Waals surface area (Å²) in [6.45, 7) is 15.1. The Morgan fingerprint density at radius 1 is 1.31 bits per heavy atom. The second-order valence-corrected chi connectivity index (χ2v) is 12.1. The van der Waals surface area contributed by atoms with Gasteiger partial charge in [0.15, 0.2) is 0 Å². The lowest BCUT2D eigenvalue weighted by Crippen LogP contribution is -2.58. The highest BCUT2D eigenvalue weighted by atomic mass is 32.2. The number of carbonyl (C=O) groups is 3. The summed E-state index contributed by atoms with van der Waals surface area (Å²) in [5.41, 5.74) is 0. The van der Waals surface area contributed by atoms with Gasteiger partial charge in [0.05, 0.1) is 23.2 Å². The van der Waals surface area contributed by atoms with Crippen LogP contribution in [0.3, 0.4) is 0 Å². The monoisotopic (exact) mass is 520 g/mol. The number of ether oxygens (including phenoxy) is 1. The fraction of sp³-hybridized carbons (Fsp3) is 0.750. The third-order valence-electron chi connectivity index (χ3n) is 8.22. The summed E-state index contributed by atoms with van der Waals surface area (Å²) in [6.07, 6.45) is 8.81. The first-order chi connectivity index (χ1) is 17.3. The molecule has 7 nitrogen and oxygen atoms in total. The van der Waals surface area contributed by atoms with E-state index in [1.54, 1.807) is 28.8 Å². The van der Waals surface area contributed by atoms with Gasteiger partial charge in [-0.1, -0.05) is 32.4 Å². The van der Waals surface area contributed by atoms with Crippen LogP contribution in [0.15, 0.2) is 25.3 Å². The maximum Gasteiger partial charge on any atom is 0.310 e. The van der Waals surface area contributed by atoms with Crippen LogP contribution >= 0.6 is 11.8 Å². The van der Waals surface area contributed by atoms with Gasteiger partial charge in [0.2, 0.25) is 11.8 Å². The SMILES string of the molecule is C=CCCOC(=O)[C@@H]1[C@H]2C(=O)N(CCCCCO)C(C(=O)N(CC=C)C(C)CCC)C23S[C@@H]1CC3C. The van der Waals surface area contributed by atoms with Crippen molar-refractivity contribution in [1.82, 2.24) is 9.80 Å². The molecule has 2 bridgehead atoms. The fourth-order valence-electron chi connectivity index (χ4n) is 6.57. The predicted octanol–water partition coefficient (Wildman–Crippen LogP) is 3.81. The first-order valence-electron chi connectivity index (χ1n) is 13.6. The van der Waals surface area contributed by atoms with Crippen molar-refractivity contribution in [2.45, 2.75) is 87.8 Å². The smallest absolute Gasteiger partial charge is 0.310 e. The number of aliphatic hydroxyl groups excluding tert-OH is 1. The number of carbonyl (C=O) groups excluding carboxylic acids is 3. The Hall–Kier alpha value is -1.80. The van der Waals surface area contributed by atoms with Gasteiger partial charge in [-0.3, -0.25) is 14.4 Å². The molecule has 0 saturated carbocycles. The van der Waals surface area contributed by atoms with Crippen molar-refractivity contribution in [2.75, 3.05) is 26.3 Å². The molecule has 7 atom stereocenters. The van der Waals surface area contributed by atoms with Crippen molar-refractivity contribution >= 4 is 29.5 Å². The van der Waals surface area contributed by atoms with E-state index in [2.05, 4.69) is 33.9 Å². The van der Waals surface area contributed by atoms with Crippen molar-refractivity contribution in [3.8, 4) is 0 Å². The summed E-state index contributed by atoms with van der Waals surface area (Å²) < 4.78 is 4.94. The molecule has 0 aromatic heterocycles. The standard InChI is InChI=1S/C28H44N2O5S/c1-6-9-17-35-27(34)22-21-18-19(4)28(36-21)23(22)25(32)30(15-11-10-12-16-31)24(28)26(33)29(14-8-3)20(5)13-7-2/h6,8,19-24,31H,1,3,7,9-18H2,2,4-5H3/t19?,20?,21-,22+,23+,24?,28?/m1/s1. The van der Waals surface area contributed by atoms with E-state index in [1.807, 2.05) is 4.90 Å². The molecular weight excluding hydrogens is 476 g/mol. The predicted molar refractivity (Wildman–Crippen MR) is 143 cm³/mol. The van der Waals surface area contributed by atoms with E-state index in [9.17, 15) is 19.5 Å². The van der Waals surface area contributed by atoms with Gasteiger partial charge >= 0.3 is 5.97 Å². The molecule has 202 valence electrons. The van der Waals surface area contributed by atoms with E-state index in [4.69, 9.17) is 4.74 Å². The van der Waals surface area contributed by atoms with E-state index in [0.29, 0.717) is 32.4 Å². The molecule has 0 aliphatic carbocycles. The van der Waals surface area contributed by atoms with Crippen LogP contribution in [0.2, 0.25) is 0 Å². The molecule has 0 radical (unpaired) electrons. The number of esters is 1. The molecular formula is C28H44N2O5S. The van der Waals surface area contributed by atoms with Crippen LogP contribution in [0.4, 0.5) is 0 Å². The van der Waals surface area contributed by atoms with Gasteiger partial charge in [0.1, 0.15) is 6.04 Å². The minimum Gasteiger partial charge on any atom is -0.465 e. The van der Waals surface area contributed by atoms with Crippen molar-refractivity contribution in [3.63, 3.8) is 0 Å². The van der Waals surface area contributed by atoms with E-state index in [0.717, 1.165) is 25.7 Å². The van der Waals surface area contributed by atoms with Crippen LogP contribution in [0.1, 0.15) is 65.7 Å². The van der Waals surface area contributed by atoms with Crippen molar-refractivity contribution < 1.29 is 24.2 Å². The van der Waals surface area contributed by atoms with Crippen LogP contribution in [-0.2, 0) is 19.1 Å². The average Bonchev–Trinajstić information content (AvgIpc) is 3.44. The Bertz CT molecular complexity index is 835. The number of aliphatic hydroxyl groups is 1. The van der Waals surface area contributed by atoms with E-state index < -0.39 is 22.6 Å². The molecule has 3 aliphatic rings. The van der Waals surface area contributed by atoms with Crippen molar-refractivity contribution in [3.05, 3.63) is 25.3 Å². The molecule has 36 heavy (non-hydrogen) atoms. The topological polar surface area (TPSA) is 87.1 Å². The van der Waals surface area contributed by atoms with E-state index >= 15 is 0 Å². The third kappa shape index (κ3) is 5.13. The molecule has 3 fully saturated rings. The van der Waals surface area contributed by atoms with Gasteiger partial charge < -0.3 is 19.6 Å². The first kappa shape index (κ1) is 28.8. The van der Waals surface area contributed by atoms with Crippen LogP contribution < -0.4 is 0 Å². The van der Waals surface area contributed by atoms with Crippen LogP contribution in [0, 0.1) is 17.8 Å². The van der Waals surface area contributed by atoms with E-state index in [-0.39, 0.29) is 48.2 Å². The molecule has 3 saturated heterocycles.